The molecule has 2 amide bonds. The molecule has 0 unspecified atom stereocenters. The zero-order valence-electron chi connectivity index (χ0n) is 15.6. The molecule has 3 rings (SSSR count). The van der Waals surface area contributed by atoms with E-state index in [0.717, 1.165) is 37.6 Å². The highest BCUT2D eigenvalue weighted by molar-refractivity contribution is 5.83. The van der Waals surface area contributed by atoms with Crippen molar-refractivity contribution < 1.29 is 19.1 Å². The van der Waals surface area contributed by atoms with Crippen LogP contribution in [0, 0.1) is 0 Å². The number of carbonyl (C=O) groups is 2. The van der Waals surface area contributed by atoms with Gasteiger partial charge in [0.05, 0.1) is 6.54 Å². The van der Waals surface area contributed by atoms with Gasteiger partial charge in [-0.05, 0) is 24.1 Å². The van der Waals surface area contributed by atoms with Crippen molar-refractivity contribution >= 4 is 11.8 Å². The quantitative estimate of drug-likeness (QED) is 0.765. The third-order valence-corrected chi connectivity index (χ3v) is 4.83. The Bertz CT molecular complexity index is 656. The van der Waals surface area contributed by atoms with Crippen molar-refractivity contribution in [2.24, 2.45) is 0 Å². The van der Waals surface area contributed by atoms with Crippen LogP contribution in [-0.4, -0.2) is 72.6 Å². The molecule has 2 aliphatic heterocycles. The molecule has 1 fully saturated rings. The summed E-state index contributed by atoms with van der Waals surface area (Å²) in [5, 5.41) is 0. The van der Waals surface area contributed by atoms with Crippen LogP contribution in [0.1, 0.15) is 25.8 Å². The van der Waals surface area contributed by atoms with E-state index in [2.05, 4.69) is 11.0 Å². The summed E-state index contributed by atoms with van der Waals surface area (Å²) in [6.45, 7) is 8.51. The lowest BCUT2D eigenvalue weighted by Gasteiger charge is -2.35. The monoisotopic (exact) mass is 361 g/mol. The molecule has 0 aliphatic carbocycles. The molecule has 1 saturated heterocycles. The van der Waals surface area contributed by atoms with Crippen LogP contribution in [0.15, 0.2) is 18.2 Å². The third-order valence-electron chi connectivity index (χ3n) is 4.83. The van der Waals surface area contributed by atoms with Crippen molar-refractivity contribution in [1.29, 1.82) is 0 Å². The number of hydrogen-bond donors (Lipinski definition) is 0. The summed E-state index contributed by atoms with van der Waals surface area (Å²) >= 11 is 0. The van der Waals surface area contributed by atoms with E-state index in [1.807, 2.05) is 24.0 Å². The number of amides is 2. The van der Waals surface area contributed by atoms with Gasteiger partial charge in [0.2, 0.25) is 18.6 Å². The molecule has 7 heteroatoms. The Morgan fingerprint density at radius 2 is 1.85 bits per heavy atom. The van der Waals surface area contributed by atoms with E-state index in [1.54, 1.807) is 4.90 Å². The molecule has 7 nitrogen and oxygen atoms in total. The molecule has 0 aromatic heterocycles. The van der Waals surface area contributed by atoms with Crippen LogP contribution in [0.5, 0.6) is 11.5 Å². The highest BCUT2D eigenvalue weighted by Crippen LogP contribution is 2.32. The maximum atomic E-state index is 12.5. The number of rotatable bonds is 6. The Kier molecular flexibility index (Phi) is 5.98. The first-order valence-corrected chi connectivity index (χ1v) is 9.21. The Morgan fingerprint density at radius 1 is 1.12 bits per heavy atom. The third kappa shape index (κ3) is 4.46. The predicted octanol–water partition coefficient (Wildman–Crippen LogP) is 1.32. The van der Waals surface area contributed by atoms with E-state index in [-0.39, 0.29) is 25.2 Å². The molecule has 26 heavy (non-hydrogen) atoms. The lowest BCUT2D eigenvalue weighted by molar-refractivity contribution is -0.140. The second kappa shape index (κ2) is 8.40. The number of hydrogen-bond acceptors (Lipinski definition) is 5. The molecule has 1 aromatic rings. The van der Waals surface area contributed by atoms with Gasteiger partial charge in [0.25, 0.3) is 0 Å². The highest BCUT2D eigenvalue weighted by atomic mass is 16.7. The normalized spacial score (nSPS) is 16.6. The van der Waals surface area contributed by atoms with Gasteiger partial charge in [-0.1, -0.05) is 13.0 Å². The summed E-state index contributed by atoms with van der Waals surface area (Å²) in [7, 11) is 0. The lowest BCUT2D eigenvalue weighted by atomic mass is 10.1. The van der Waals surface area contributed by atoms with Crippen LogP contribution in [0.3, 0.4) is 0 Å². The SMILES string of the molecule is CCCN(CC(=O)N1CCN(Cc2ccc3c(c2)OCO3)CC1)C(C)=O. The Balaban J connectivity index is 1.48. The Labute approximate surface area is 154 Å². The summed E-state index contributed by atoms with van der Waals surface area (Å²) in [6.07, 6.45) is 0.857. The smallest absolute Gasteiger partial charge is 0.242 e. The minimum atomic E-state index is -0.0401. The molecule has 2 heterocycles. The summed E-state index contributed by atoms with van der Waals surface area (Å²) in [5.41, 5.74) is 1.18. The fourth-order valence-electron chi connectivity index (χ4n) is 3.33. The molecule has 0 saturated carbocycles. The number of nitrogens with zero attached hydrogens (tertiary/aromatic N) is 3. The predicted molar refractivity (Wildman–Crippen MR) is 97.0 cm³/mol. The first-order valence-electron chi connectivity index (χ1n) is 9.21. The molecule has 142 valence electrons. The van der Waals surface area contributed by atoms with E-state index in [1.165, 1.54) is 12.5 Å². The van der Waals surface area contributed by atoms with Gasteiger partial charge in [0, 0.05) is 46.2 Å². The molecular weight excluding hydrogens is 334 g/mol. The zero-order valence-corrected chi connectivity index (χ0v) is 15.6. The molecule has 0 radical (unpaired) electrons. The molecular formula is C19H27N3O4. The van der Waals surface area contributed by atoms with Gasteiger partial charge in [0.15, 0.2) is 11.5 Å². The molecule has 2 aliphatic rings. The van der Waals surface area contributed by atoms with Gasteiger partial charge >= 0.3 is 0 Å². The molecule has 1 aromatic carbocycles. The number of fused-ring (bicyclic) bond motifs is 1. The van der Waals surface area contributed by atoms with Crippen LogP contribution < -0.4 is 9.47 Å². The van der Waals surface area contributed by atoms with Crippen LogP contribution in [0.4, 0.5) is 0 Å². The molecule has 0 atom stereocenters. The van der Waals surface area contributed by atoms with Crippen LogP contribution in [-0.2, 0) is 16.1 Å². The van der Waals surface area contributed by atoms with E-state index in [4.69, 9.17) is 9.47 Å². The van der Waals surface area contributed by atoms with E-state index in [9.17, 15) is 9.59 Å². The van der Waals surface area contributed by atoms with Crippen molar-refractivity contribution in [1.82, 2.24) is 14.7 Å². The summed E-state index contributed by atoms with van der Waals surface area (Å²) < 4.78 is 10.8. The first-order chi connectivity index (χ1) is 12.6. The van der Waals surface area contributed by atoms with Gasteiger partial charge in [0.1, 0.15) is 0 Å². The molecule has 0 bridgehead atoms. The second-order valence-electron chi connectivity index (χ2n) is 6.79. The summed E-state index contributed by atoms with van der Waals surface area (Å²) in [5.74, 6) is 1.60. The maximum absolute atomic E-state index is 12.5. The van der Waals surface area contributed by atoms with Crippen molar-refractivity contribution in [3.63, 3.8) is 0 Å². The van der Waals surface area contributed by atoms with Crippen molar-refractivity contribution in [3.8, 4) is 11.5 Å². The zero-order chi connectivity index (χ0) is 18.5. The number of piperazine rings is 1. The average Bonchev–Trinajstić information content (AvgIpc) is 3.09. The van der Waals surface area contributed by atoms with Crippen LogP contribution in [0.2, 0.25) is 0 Å². The summed E-state index contributed by atoms with van der Waals surface area (Å²) in [4.78, 5) is 29.9. The number of benzene rings is 1. The van der Waals surface area contributed by atoms with E-state index >= 15 is 0 Å². The second-order valence-corrected chi connectivity index (χ2v) is 6.79. The minimum absolute atomic E-state index is 0.0383. The Hall–Kier alpha value is -2.28. The first kappa shape index (κ1) is 18.5. The van der Waals surface area contributed by atoms with Gasteiger partial charge in [-0.25, -0.2) is 0 Å². The largest absolute Gasteiger partial charge is 0.454 e. The fourth-order valence-corrected chi connectivity index (χ4v) is 3.33. The van der Waals surface area contributed by atoms with Crippen molar-refractivity contribution in [2.45, 2.75) is 26.8 Å². The van der Waals surface area contributed by atoms with Gasteiger partial charge in [-0.3, -0.25) is 14.5 Å². The van der Waals surface area contributed by atoms with Gasteiger partial charge in [-0.15, -0.1) is 0 Å². The lowest BCUT2D eigenvalue weighted by Crippen LogP contribution is -2.51. The number of ether oxygens (including phenoxy) is 2. The molecule has 0 N–H and O–H groups in total. The average molecular weight is 361 g/mol. The van der Waals surface area contributed by atoms with E-state index < -0.39 is 0 Å². The van der Waals surface area contributed by atoms with Crippen molar-refractivity contribution in [2.75, 3.05) is 46.1 Å². The van der Waals surface area contributed by atoms with Crippen LogP contribution in [0.25, 0.3) is 0 Å². The highest BCUT2D eigenvalue weighted by Gasteiger charge is 2.24. The maximum Gasteiger partial charge on any atom is 0.242 e. The fraction of sp³-hybridized carbons (Fsp3) is 0.579. The van der Waals surface area contributed by atoms with E-state index in [0.29, 0.717) is 19.6 Å². The van der Waals surface area contributed by atoms with Gasteiger partial charge in [-0.2, -0.15) is 0 Å². The van der Waals surface area contributed by atoms with Crippen LogP contribution >= 0.6 is 0 Å². The molecule has 0 spiro atoms. The summed E-state index contributed by atoms with van der Waals surface area (Å²) in [6, 6.07) is 6.03. The van der Waals surface area contributed by atoms with Gasteiger partial charge < -0.3 is 19.3 Å². The van der Waals surface area contributed by atoms with Crippen molar-refractivity contribution in [3.05, 3.63) is 23.8 Å². The minimum Gasteiger partial charge on any atom is -0.454 e. The standard InChI is InChI=1S/C19H27N3O4/c1-3-6-22(15(2)23)13-19(24)21-9-7-20(8-10-21)12-16-4-5-17-18(11-16)26-14-25-17/h4-5,11H,3,6-10,12-14H2,1-2H3. The Morgan fingerprint density at radius 3 is 2.54 bits per heavy atom. The number of carbonyl (C=O) groups excluding carboxylic acids is 2. The topological polar surface area (TPSA) is 62.3 Å².